The van der Waals surface area contributed by atoms with E-state index in [-0.39, 0.29) is 27.5 Å². The molecule has 0 unspecified atom stereocenters. The summed E-state index contributed by atoms with van der Waals surface area (Å²) in [7, 11) is 1.61. The first-order valence-electron chi connectivity index (χ1n) is 5.64. The van der Waals surface area contributed by atoms with E-state index in [1.54, 1.807) is 7.05 Å². The molecule has 0 bridgehead atoms. The molecule has 1 aromatic heterocycles. The summed E-state index contributed by atoms with van der Waals surface area (Å²) in [5.41, 5.74) is -0.742. The zero-order valence-electron chi connectivity index (χ0n) is 10.6. The van der Waals surface area contributed by atoms with Crippen LogP contribution in [0.15, 0.2) is 24.4 Å². The molecule has 2 rings (SSSR count). The van der Waals surface area contributed by atoms with Crippen molar-refractivity contribution in [1.29, 1.82) is 0 Å². The smallest absolute Gasteiger partial charge is 0.357 e. The Morgan fingerprint density at radius 2 is 1.86 bits per heavy atom. The summed E-state index contributed by atoms with van der Waals surface area (Å²) in [6.07, 6.45) is -3.16. The Kier molecular flexibility index (Phi) is 4.43. The zero-order chi connectivity index (χ0) is 15.6. The maximum Gasteiger partial charge on any atom is 0.416 e. The molecule has 4 nitrogen and oxygen atoms in total. The van der Waals surface area contributed by atoms with Gasteiger partial charge in [0.15, 0.2) is 5.82 Å². The van der Waals surface area contributed by atoms with Gasteiger partial charge in [0, 0.05) is 17.8 Å². The van der Waals surface area contributed by atoms with Crippen LogP contribution < -0.4 is 10.6 Å². The summed E-state index contributed by atoms with van der Waals surface area (Å²) in [5, 5.41) is 5.51. The van der Waals surface area contributed by atoms with Crippen molar-refractivity contribution in [2.24, 2.45) is 0 Å². The molecule has 0 aliphatic heterocycles. The van der Waals surface area contributed by atoms with Gasteiger partial charge in [-0.2, -0.15) is 18.2 Å². The lowest BCUT2D eigenvalue weighted by molar-refractivity contribution is -0.137. The van der Waals surface area contributed by atoms with E-state index in [2.05, 4.69) is 20.6 Å². The molecule has 0 amide bonds. The van der Waals surface area contributed by atoms with Gasteiger partial charge in [0.25, 0.3) is 0 Å². The molecule has 2 N–H and O–H groups in total. The van der Waals surface area contributed by atoms with Gasteiger partial charge in [-0.15, -0.1) is 0 Å². The van der Waals surface area contributed by atoms with Crippen molar-refractivity contribution in [2.75, 3.05) is 17.7 Å². The minimum Gasteiger partial charge on any atom is -0.357 e. The lowest BCUT2D eigenvalue weighted by Crippen LogP contribution is -2.06. The van der Waals surface area contributed by atoms with Crippen molar-refractivity contribution in [2.45, 2.75) is 6.18 Å². The molecule has 0 spiro atoms. The minimum absolute atomic E-state index is 0.0497. The van der Waals surface area contributed by atoms with E-state index >= 15 is 0 Å². The maximum absolute atomic E-state index is 12.7. The van der Waals surface area contributed by atoms with Crippen molar-refractivity contribution in [3.63, 3.8) is 0 Å². The van der Waals surface area contributed by atoms with Crippen LogP contribution in [0.5, 0.6) is 0 Å². The van der Waals surface area contributed by atoms with Crippen molar-refractivity contribution in [1.82, 2.24) is 9.97 Å². The molecule has 21 heavy (non-hydrogen) atoms. The van der Waals surface area contributed by atoms with Crippen molar-refractivity contribution in [3.8, 4) is 0 Å². The summed E-state index contributed by atoms with van der Waals surface area (Å²) < 4.78 is 38.2. The van der Waals surface area contributed by atoms with Crippen LogP contribution in [0, 0.1) is 0 Å². The van der Waals surface area contributed by atoms with Gasteiger partial charge in [-0.1, -0.05) is 23.2 Å². The van der Waals surface area contributed by atoms with Crippen LogP contribution >= 0.6 is 23.2 Å². The van der Waals surface area contributed by atoms with E-state index in [9.17, 15) is 13.2 Å². The molecule has 0 aliphatic rings. The Labute approximate surface area is 128 Å². The molecule has 0 saturated heterocycles. The predicted octanol–water partition coefficient (Wildman–Crippen LogP) is 4.59. The van der Waals surface area contributed by atoms with Crippen LogP contribution in [0.2, 0.25) is 10.0 Å². The van der Waals surface area contributed by atoms with E-state index < -0.39 is 11.7 Å². The zero-order valence-corrected chi connectivity index (χ0v) is 12.1. The largest absolute Gasteiger partial charge is 0.416 e. The average Bonchev–Trinajstić information content (AvgIpc) is 2.39. The van der Waals surface area contributed by atoms with Crippen molar-refractivity contribution in [3.05, 3.63) is 40.0 Å². The summed E-state index contributed by atoms with van der Waals surface area (Å²) in [6, 6.07) is 3.10. The highest BCUT2D eigenvalue weighted by Gasteiger charge is 2.31. The molecule has 0 fully saturated rings. The summed E-state index contributed by atoms with van der Waals surface area (Å²) in [5.74, 6) is 0.450. The molecule has 0 atom stereocenters. The number of benzene rings is 1. The SMILES string of the molecule is CNc1ncc(Cl)c(Nc2cc(Cl)cc(C(F)(F)F)c2)n1. The first-order valence-corrected chi connectivity index (χ1v) is 6.40. The molecule has 1 heterocycles. The number of nitrogens with one attached hydrogen (secondary N) is 2. The second kappa shape index (κ2) is 5.95. The Bertz CT molecular complexity index is 661. The van der Waals surface area contributed by atoms with Gasteiger partial charge < -0.3 is 10.6 Å². The molecule has 2 aromatic rings. The third kappa shape index (κ3) is 3.89. The fourth-order valence-electron chi connectivity index (χ4n) is 1.54. The van der Waals surface area contributed by atoms with E-state index in [4.69, 9.17) is 23.2 Å². The van der Waals surface area contributed by atoms with Crippen molar-refractivity contribution >= 4 is 40.7 Å². The highest BCUT2D eigenvalue weighted by atomic mass is 35.5. The molecular formula is C12H9Cl2F3N4. The van der Waals surface area contributed by atoms with Gasteiger partial charge in [-0.25, -0.2) is 4.98 Å². The third-order valence-corrected chi connectivity index (χ3v) is 2.95. The normalized spacial score (nSPS) is 11.3. The lowest BCUT2D eigenvalue weighted by atomic mass is 10.2. The average molecular weight is 337 g/mol. The van der Waals surface area contributed by atoms with E-state index in [0.717, 1.165) is 12.1 Å². The molecule has 9 heteroatoms. The van der Waals surface area contributed by atoms with E-state index in [1.807, 2.05) is 0 Å². The van der Waals surface area contributed by atoms with Crippen LogP contribution in [-0.2, 0) is 6.18 Å². The van der Waals surface area contributed by atoms with E-state index in [0.29, 0.717) is 0 Å². The number of halogens is 5. The van der Waals surface area contributed by atoms with E-state index in [1.165, 1.54) is 12.3 Å². The molecule has 112 valence electrons. The predicted molar refractivity (Wildman–Crippen MR) is 76.3 cm³/mol. The Hall–Kier alpha value is -1.73. The monoisotopic (exact) mass is 336 g/mol. The third-order valence-electron chi connectivity index (χ3n) is 2.46. The van der Waals surface area contributed by atoms with Crippen LogP contribution in [0.1, 0.15) is 5.56 Å². The Morgan fingerprint density at radius 3 is 2.48 bits per heavy atom. The minimum atomic E-state index is -4.49. The van der Waals surface area contributed by atoms with Crippen LogP contribution in [0.3, 0.4) is 0 Å². The topological polar surface area (TPSA) is 49.8 Å². The fourth-order valence-corrected chi connectivity index (χ4v) is 1.91. The number of hydrogen-bond donors (Lipinski definition) is 2. The molecular weight excluding hydrogens is 328 g/mol. The van der Waals surface area contributed by atoms with Gasteiger partial charge in [0.2, 0.25) is 5.95 Å². The first-order chi connectivity index (χ1) is 9.79. The van der Waals surface area contributed by atoms with Crippen LogP contribution in [0.4, 0.5) is 30.6 Å². The second-order valence-electron chi connectivity index (χ2n) is 3.99. The number of hydrogen-bond acceptors (Lipinski definition) is 4. The van der Waals surface area contributed by atoms with Gasteiger partial charge in [0.05, 0.1) is 11.8 Å². The standard InChI is InChI=1S/C12H9Cl2F3N4/c1-18-11-19-5-9(14)10(21-11)20-8-3-6(12(15,16)17)2-7(13)4-8/h2-5H,1H3,(H2,18,19,20,21). The number of rotatable bonds is 3. The van der Waals surface area contributed by atoms with Gasteiger partial charge in [-0.05, 0) is 18.2 Å². The quantitative estimate of drug-likeness (QED) is 0.860. The van der Waals surface area contributed by atoms with Gasteiger partial charge >= 0.3 is 6.18 Å². The van der Waals surface area contributed by atoms with Crippen LogP contribution in [0.25, 0.3) is 0 Å². The fraction of sp³-hybridized carbons (Fsp3) is 0.167. The summed E-state index contributed by atoms with van der Waals surface area (Å²) in [4.78, 5) is 7.89. The maximum atomic E-state index is 12.7. The number of aromatic nitrogens is 2. The summed E-state index contributed by atoms with van der Waals surface area (Å²) >= 11 is 11.6. The highest BCUT2D eigenvalue weighted by Crippen LogP contribution is 2.34. The van der Waals surface area contributed by atoms with Crippen LogP contribution in [-0.4, -0.2) is 17.0 Å². The molecule has 1 aromatic carbocycles. The summed E-state index contributed by atoms with van der Waals surface area (Å²) in [6.45, 7) is 0. The number of nitrogens with zero attached hydrogens (tertiary/aromatic N) is 2. The molecule has 0 saturated carbocycles. The molecule has 0 radical (unpaired) electrons. The second-order valence-corrected chi connectivity index (χ2v) is 4.84. The molecule has 0 aliphatic carbocycles. The Balaban J connectivity index is 2.38. The lowest BCUT2D eigenvalue weighted by Gasteiger charge is -2.12. The number of alkyl halides is 3. The van der Waals surface area contributed by atoms with Gasteiger partial charge in [0.1, 0.15) is 5.02 Å². The highest BCUT2D eigenvalue weighted by molar-refractivity contribution is 6.33. The first kappa shape index (κ1) is 15.7. The van der Waals surface area contributed by atoms with Crippen molar-refractivity contribution < 1.29 is 13.2 Å². The van der Waals surface area contributed by atoms with Gasteiger partial charge in [-0.3, -0.25) is 0 Å². The Morgan fingerprint density at radius 1 is 1.14 bits per heavy atom. The number of anilines is 3.